The Labute approximate surface area is 111 Å². The number of nitrogens with zero attached hydrogens (tertiary/aromatic N) is 2. The Kier molecular flexibility index (Phi) is 5.68. The number of hydrogen-bond acceptors (Lipinski definition) is 6. The van der Waals surface area contributed by atoms with Gasteiger partial charge in [0.1, 0.15) is 11.3 Å². The zero-order chi connectivity index (χ0) is 14.5. The molecule has 0 aromatic carbocycles. The minimum Gasteiger partial charge on any atom is -0.480 e. The van der Waals surface area contributed by atoms with Crippen LogP contribution in [-0.2, 0) is 25.0 Å². The summed E-state index contributed by atoms with van der Waals surface area (Å²) in [6, 6.07) is -1.08. The summed E-state index contributed by atoms with van der Waals surface area (Å²) in [5, 5.41) is 12.9. The zero-order valence-electron chi connectivity index (χ0n) is 10.9. The van der Waals surface area contributed by atoms with Crippen molar-refractivity contribution in [3.05, 3.63) is 12.4 Å². The highest BCUT2D eigenvalue weighted by Gasteiger charge is 2.28. The molecule has 19 heavy (non-hydrogen) atoms. The van der Waals surface area contributed by atoms with Gasteiger partial charge in [-0.1, -0.05) is 0 Å². The molecule has 0 fully saturated rings. The minimum atomic E-state index is -3.39. The average Bonchev–Trinajstić information content (AvgIpc) is 2.78. The van der Waals surface area contributed by atoms with Crippen molar-refractivity contribution >= 4 is 18.9 Å². The second-order valence-corrected chi connectivity index (χ2v) is 5.73. The highest BCUT2D eigenvalue weighted by molar-refractivity contribution is 7.62. The van der Waals surface area contributed by atoms with E-state index in [0.29, 0.717) is 0 Å². The van der Waals surface area contributed by atoms with Gasteiger partial charge in [-0.15, -0.1) is 0 Å². The van der Waals surface area contributed by atoms with E-state index in [1.54, 1.807) is 13.8 Å². The third kappa shape index (κ3) is 4.14. The summed E-state index contributed by atoms with van der Waals surface area (Å²) in [5.74, 6) is -1.13. The molecule has 0 saturated carbocycles. The van der Waals surface area contributed by atoms with Crippen LogP contribution in [-0.4, -0.2) is 40.1 Å². The third-order valence-corrected chi connectivity index (χ3v) is 4.29. The molecule has 0 amide bonds. The zero-order valence-corrected chi connectivity index (χ0v) is 11.7. The first kappa shape index (κ1) is 15.8. The van der Waals surface area contributed by atoms with Gasteiger partial charge in [-0.3, -0.25) is 14.0 Å². The Morgan fingerprint density at radius 3 is 2.58 bits per heavy atom. The van der Waals surface area contributed by atoms with Gasteiger partial charge in [0.05, 0.1) is 26.0 Å². The predicted octanol–water partition coefficient (Wildman–Crippen LogP) is 0.186. The third-order valence-electron chi connectivity index (χ3n) is 2.23. The Morgan fingerprint density at radius 2 is 2.11 bits per heavy atom. The lowest BCUT2D eigenvalue weighted by atomic mass is 10.3. The lowest BCUT2D eigenvalue weighted by molar-refractivity contribution is -0.138. The molecule has 0 aliphatic carbocycles. The van der Waals surface area contributed by atoms with Gasteiger partial charge in [-0.2, -0.15) is 5.10 Å². The van der Waals surface area contributed by atoms with Crippen LogP contribution in [0.1, 0.15) is 13.8 Å². The summed E-state index contributed by atoms with van der Waals surface area (Å²) >= 11 is 0. The molecule has 0 saturated heterocycles. The van der Waals surface area contributed by atoms with E-state index in [0.717, 1.165) is 0 Å². The van der Waals surface area contributed by atoms with Crippen molar-refractivity contribution in [1.82, 2.24) is 9.78 Å². The van der Waals surface area contributed by atoms with E-state index in [-0.39, 0.29) is 25.1 Å². The number of carboxylic acid groups (broad SMARTS) is 1. The molecule has 1 aromatic heterocycles. The van der Waals surface area contributed by atoms with Gasteiger partial charge in [0.15, 0.2) is 0 Å². The number of aromatic nitrogens is 2. The van der Waals surface area contributed by atoms with Gasteiger partial charge in [0.25, 0.3) is 0 Å². The van der Waals surface area contributed by atoms with E-state index in [9.17, 15) is 9.36 Å². The van der Waals surface area contributed by atoms with Crippen molar-refractivity contribution in [2.75, 3.05) is 13.2 Å². The monoisotopic (exact) mass is 291 g/mol. The molecule has 0 bridgehead atoms. The van der Waals surface area contributed by atoms with Crippen LogP contribution in [0.15, 0.2) is 12.4 Å². The number of nitrogens with two attached hydrogens (primary N) is 1. The molecule has 9 heteroatoms. The lowest BCUT2D eigenvalue weighted by Crippen LogP contribution is -2.34. The van der Waals surface area contributed by atoms with E-state index in [1.165, 1.54) is 17.1 Å². The first-order chi connectivity index (χ1) is 8.92. The maximum absolute atomic E-state index is 12.4. The van der Waals surface area contributed by atoms with Crippen LogP contribution in [0.4, 0.5) is 0 Å². The Bertz CT molecular complexity index is 465. The Balaban J connectivity index is 2.87. The molecule has 1 rings (SSSR count). The SMILES string of the molecule is CCOP(=O)(OCC)c1cnn(C[C@H](N)C(=O)O)c1. The fourth-order valence-corrected chi connectivity index (χ4v) is 2.92. The van der Waals surface area contributed by atoms with Gasteiger partial charge in [0.2, 0.25) is 0 Å². The molecule has 0 radical (unpaired) electrons. The van der Waals surface area contributed by atoms with Crippen LogP contribution in [0.25, 0.3) is 0 Å². The van der Waals surface area contributed by atoms with Crippen LogP contribution in [0.2, 0.25) is 0 Å². The molecule has 1 aromatic rings. The first-order valence-electron chi connectivity index (χ1n) is 5.83. The molecule has 0 aliphatic rings. The molecule has 1 heterocycles. The molecule has 3 N–H and O–H groups in total. The second-order valence-electron chi connectivity index (χ2n) is 3.70. The number of carbonyl (C=O) groups is 1. The Morgan fingerprint density at radius 1 is 1.53 bits per heavy atom. The minimum absolute atomic E-state index is 0.0203. The van der Waals surface area contributed by atoms with Crippen LogP contribution in [0.3, 0.4) is 0 Å². The van der Waals surface area contributed by atoms with Gasteiger partial charge in [-0.25, -0.2) is 0 Å². The van der Waals surface area contributed by atoms with Gasteiger partial charge >= 0.3 is 13.6 Å². The van der Waals surface area contributed by atoms with E-state index < -0.39 is 19.6 Å². The second kappa shape index (κ2) is 6.81. The molecular weight excluding hydrogens is 273 g/mol. The van der Waals surface area contributed by atoms with E-state index in [2.05, 4.69) is 5.10 Å². The van der Waals surface area contributed by atoms with Crippen molar-refractivity contribution in [3.8, 4) is 0 Å². The smallest absolute Gasteiger partial charge is 0.364 e. The van der Waals surface area contributed by atoms with Crippen LogP contribution in [0, 0.1) is 0 Å². The highest BCUT2D eigenvalue weighted by atomic mass is 31.2. The standard InChI is InChI=1S/C10H18N3O5P/c1-3-17-19(16,18-4-2)8-5-12-13(6-8)7-9(11)10(14)15/h5-6,9H,3-4,7,11H2,1-2H3,(H,14,15)/t9-/m0/s1. The highest BCUT2D eigenvalue weighted by Crippen LogP contribution is 2.46. The largest absolute Gasteiger partial charge is 0.480 e. The summed E-state index contributed by atoms with van der Waals surface area (Å²) in [4.78, 5) is 10.6. The first-order valence-corrected chi connectivity index (χ1v) is 7.37. The van der Waals surface area contributed by atoms with E-state index in [4.69, 9.17) is 19.9 Å². The number of rotatable bonds is 8. The normalized spacial score (nSPS) is 13.4. The van der Waals surface area contributed by atoms with Crippen molar-refractivity contribution in [1.29, 1.82) is 0 Å². The van der Waals surface area contributed by atoms with Crippen molar-refractivity contribution in [2.45, 2.75) is 26.4 Å². The summed E-state index contributed by atoms with van der Waals surface area (Å²) in [6.45, 7) is 3.86. The molecular formula is C10H18N3O5P. The molecule has 0 unspecified atom stereocenters. The maximum atomic E-state index is 12.4. The number of hydrogen-bond donors (Lipinski definition) is 2. The summed E-state index contributed by atoms with van der Waals surface area (Å²) < 4.78 is 24.0. The fraction of sp³-hybridized carbons (Fsp3) is 0.600. The van der Waals surface area contributed by atoms with E-state index in [1.807, 2.05) is 0 Å². The van der Waals surface area contributed by atoms with Crippen LogP contribution >= 0.6 is 7.60 Å². The number of aliphatic carboxylic acids is 1. The van der Waals surface area contributed by atoms with Crippen molar-refractivity contribution < 1.29 is 23.5 Å². The van der Waals surface area contributed by atoms with Crippen molar-refractivity contribution in [2.24, 2.45) is 5.73 Å². The maximum Gasteiger partial charge on any atom is 0.364 e. The van der Waals surface area contributed by atoms with Crippen LogP contribution < -0.4 is 11.0 Å². The predicted molar refractivity (Wildman–Crippen MR) is 68.3 cm³/mol. The summed E-state index contributed by atoms with van der Waals surface area (Å²) in [7, 11) is -3.39. The summed E-state index contributed by atoms with van der Waals surface area (Å²) in [5.41, 5.74) is 5.39. The molecule has 0 spiro atoms. The summed E-state index contributed by atoms with van der Waals surface area (Å²) in [6.07, 6.45) is 2.76. The van der Waals surface area contributed by atoms with Crippen LogP contribution in [0.5, 0.6) is 0 Å². The van der Waals surface area contributed by atoms with E-state index >= 15 is 0 Å². The topological polar surface area (TPSA) is 117 Å². The van der Waals surface area contributed by atoms with Gasteiger partial charge in [-0.05, 0) is 13.8 Å². The molecule has 8 nitrogen and oxygen atoms in total. The lowest BCUT2D eigenvalue weighted by Gasteiger charge is -2.14. The fourth-order valence-electron chi connectivity index (χ4n) is 1.40. The Hall–Kier alpha value is -1.21. The number of carboxylic acids is 1. The molecule has 0 aliphatic heterocycles. The molecule has 108 valence electrons. The average molecular weight is 291 g/mol. The van der Waals surface area contributed by atoms with Gasteiger partial charge < -0.3 is 19.9 Å². The van der Waals surface area contributed by atoms with Crippen molar-refractivity contribution in [3.63, 3.8) is 0 Å². The van der Waals surface area contributed by atoms with Gasteiger partial charge in [0, 0.05) is 6.20 Å². The molecule has 1 atom stereocenters. The quantitative estimate of drug-likeness (QED) is 0.656.